The summed E-state index contributed by atoms with van der Waals surface area (Å²) < 4.78 is 32.4. The molecule has 0 saturated carbocycles. The smallest absolute Gasteiger partial charge is 0.251 e. The summed E-state index contributed by atoms with van der Waals surface area (Å²) in [5.41, 5.74) is 2.50. The van der Waals surface area contributed by atoms with Crippen LogP contribution >= 0.6 is 0 Å². The van der Waals surface area contributed by atoms with Crippen LogP contribution in [0.2, 0.25) is 0 Å². The van der Waals surface area contributed by atoms with Crippen molar-refractivity contribution in [3.05, 3.63) is 71.3 Å². The number of amides is 1. The first-order chi connectivity index (χ1) is 17.0. The molecule has 0 saturated heterocycles. The number of ether oxygens (including phenoxy) is 6. The molecule has 1 atom stereocenters. The van der Waals surface area contributed by atoms with Gasteiger partial charge in [-0.25, -0.2) is 0 Å². The highest BCUT2D eigenvalue weighted by atomic mass is 16.7. The van der Waals surface area contributed by atoms with Crippen LogP contribution < -0.4 is 33.7 Å². The predicted molar refractivity (Wildman–Crippen MR) is 130 cm³/mol. The highest BCUT2D eigenvalue weighted by Crippen LogP contribution is 2.38. The third kappa shape index (κ3) is 5.54. The molecule has 1 aliphatic heterocycles. The van der Waals surface area contributed by atoms with Crippen LogP contribution in [0.1, 0.15) is 21.5 Å². The number of carbonyl (C=O) groups excluding carboxylic acids is 1. The molecule has 4 rings (SSSR count). The van der Waals surface area contributed by atoms with E-state index in [1.54, 1.807) is 19.2 Å². The second-order valence-electron chi connectivity index (χ2n) is 8.03. The highest BCUT2D eigenvalue weighted by Gasteiger charge is 2.21. The van der Waals surface area contributed by atoms with E-state index < -0.39 is 0 Å². The van der Waals surface area contributed by atoms with Crippen LogP contribution in [-0.4, -0.2) is 47.2 Å². The van der Waals surface area contributed by atoms with Crippen LogP contribution in [-0.2, 0) is 12.8 Å². The summed E-state index contributed by atoms with van der Waals surface area (Å²) in [6, 6.07) is 16.7. The van der Waals surface area contributed by atoms with Crippen LogP contribution in [0.25, 0.3) is 0 Å². The summed E-state index contributed by atoms with van der Waals surface area (Å²) >= 11 is 0. The minimum absolute atomic E-state index is 0.199. The van der Waals surface area contributed by atoms with E-state index in [4.69, 9.17) is 28.4 Å². The maximum absolute atomic E-state index is 13.3. The van der Waals surface area contributed by atoms with Crippen LogP contribution in [0, 0.1) is 0 Å². The van der Waals surface area contributed by atoms with Gasteiger partial charge in [0.1, 0.15) is 5.75 Å². The fourth-order valence-corrected chi connectivity index (χ4v) is 4.05. The number of rotatable bonds is 10. The summed E-state index contributed by atoms with van der Waals surface area (Å²) in [5.74, 6) is 3.23. The Morgan fingerprint density at radius 2 is 1.43 bits per heavy atom. The van der Waals surface area contributed by atoms with Crippen molar-refractivity contribution in [3.8, 4) is 34.5 Å². The van der Waals surface area contributed by atoms with Crippen molar-refractivity contribution in [3.63, 3.8) is 0 Å². The van der Waals surface area contributed by atoms with Crippen molar-refractivity contribution in [2.24, 2.45) is 0 Å². The van der Waals surface area contributed by atoms with E-state index in [0.29, 0.717) is 41.4 Å². The summed E-state index contributed by atoms with van der Waals surface area (Å²) in [7, 11) is 6.20. The highest BCUT2D eigenvalue weighted by molar-refractivity contribution is 5.95. The zero-order valence-corrected chi connectivity index (χ0v) is 20.3. The number of nitrogens with one attached hydrogen (secondary N) is 1. The van der Waals surface area contributed by atoms with Gasteiger partial charge in [-0.2, -0.15) is 0 Å². The molecule has 0 bridgehead atoms. The standard InChI is InChI=1S/C27H29NO7/c1-30-21-8-5-17(6-9-21)11-20(12-18-7-10-22-23(13-18)35-16-34-22)28-27(29)19-14-24(31-2)26(33-4)25(15-19)32-3/h5-10,13-15,20H,11-12,16H2,1-4H3,(H,28,29). The molecule has 1 heterocycles. The molecule has 0 aromatic heterocycles. The van der Waals surface area contributed by atoms with Gasteiger partial charge in [0.05, 0.1) is 28.4 Å². The number of carbonyl (C=O) groups is 1. The summed E-state index contributed by atoms with van der Waals surface area (Å²) in [6.07, 6.45) is 1.22. The lowest BCUT2D eigenvalue weighted by Gasteiger charge is -2.21. The minimum atomic E-state index is -0.247. The molecule has 0 radical (unpaired) electrons. The molecule has 0 fully saturated rings. The third-order valence-corrected chi connectivity index (χ3v) is 5.82. The molecule has 1 amide bonds. The number of fused-ring (bicyclic) bond motifs is 1. The first kappa shape index (κ1) is 24.1. The first-order valence-electron chi connectivity index (χ1n) is 11.2. The van der Waals surface area contributed by atoms with E-state index in [-0.39, 0.29) is 18.7 Å². The molecule has 8 heteroatoms. The molecule has 3 aromatic carbocycles. The number of methoxy groups -OCH3 is 4. The predicted octanol–water partition coefficient (Wildman–Crippen LogP) is 4.03. The maximum atomic E-state index is 13.3. The van der Waals surface area contributed by atoms with Gasteiger partial charge < -0.3 is 33.7 Å². The quantitative estimate of drug-likeness (QED) is 0.470. The zero-order chi connectivity index (χ0) is 24.8. The number of benzene rings is 3. The van der Waals surface area contributed by atoms with Gasteiger partial charge in [0, 0.05) is 11.6 Å². The Morgan fingerprint density at radius 1 is 0.800 bits per heavy atom. The van der Waals surface area contributed by atoms with Gasteiger partial charge in [-0.05, 0) is 60.4 Å². The average Bonchev–Trinajstić information content (AvgIpc) is 3.36. The van der Waals surface area contributed by atoms with Crippen molar-refractivity contribution < 1.29 is 33.2 Å². The molecule has 1 unspecified atom stereocenters. The topological polar surface area (TPSA) is 84.5 Å². The van der Waals surface area contributed by atoms with E-state index in [2.05, 4.69) is 5.32 Å². The van der Waals surface area contributed by atoms with E-state index >= 15 is 0 Å². The van der Waals surface area contributed by atoms with Crippen molar-refractivity contribution in [1.82, 2.24) is 5.32 Å². The van der Waals surface area contributed by atoms with Crippen LogP contribution in [0.4, 0.5) is 0 Å². The van der Waals surface area contributed by atoms with Crippen molar-refractivity contribution in [2.75, 3.05) is 35.2 Å². The molecule has 8 nitrogen and oxygen atoms in total. The molecule has 0 spiro atoms. The van der Waals surface area contributed by atoms with E-state index in [1.165, 1.54) is 21.3 Å². The Balaban J connectivity index is 1.59. The lowest BCUT2D eigenvalue weighted by atomic mass is 9.98. The number of hydrogen-bond acceptors (Lipinski definition) is 7. The Kier molecular flexibility index (Phi) is 7.50. The second kappa shape index (κ2) is 10.9. The van der Waals surface area contributed by atoms with E-state index in [1.807, 2.05) is 42.5 Å². The van der Waals surface area contributed by atoms with Crippen molar-refractivity contribution >= 4 is 5.91 Å². The zero-order valence-electron chi connectivity index (χ0n) is 20.3. The molecule has 3 aromatic rings. The Hall–Kier alpha value is -4.07. The molecule has 184 valence electrons. The molecule has 0 aliphatic carbocycles. The van der Waals surface area contributed by atoms with Gasteiger partial charge in [-0.3, -0.25) is 4.79 Å². The van der Waals surface area contributed by atoms with Gasteiger partial charge in [-0.1, -0.05) is 18.2 Å². The molecular formula is C27H29NO7. The van der Waals surface area contributed by atoms with Gasteiger partial charge in [0.2, 0.25) is 12.5 Å². The monoisotopic (exact) mass is 479 g/mol. The average molecular weight is 480 g/mol. The van der Waals surface area contributed by atoms with E-state index in [0.717, 1.165) is 22.6 Å². The fourth-order valence-electron chi connectivity index (χ4n) is 4.05. The van der Waals surface area contributed by atoms with Gasteiger partial charge >= 0.3 is 0 Å². The Morgan fingerprint density at radius 3 is 2.06 bits per heavy atom. The van der Waals surface area contributed by atoms with Crippen molar-refractivity contribution in [1.29, 1.82) is 0 Å². The first-order valence-corrected chi connectivity index (χ1v) is 11.2. The van der Waals surface area contributed by atoms with Crippen LogP contribution in [0.3, 0.4) is 0 Å². The van der Waals surface area contributed by atoms with Crippen LogP contribution in [0.5, 0.6) is 34.5 Å². The Bertz CT molecular complexity index is 1150. The third-order valence-electron chi connectivity index (χ3n) is 5.82. The molecule has 1 aliphatic rings. The van der Waals surface area contributed by atoms with Gasteiger partial charge in [0.25, 0.3) is 5.91 Å². The summed E-state index contributed by atoms with van der Waals surface area (Å²) in [5, 5.41) is 3.17. The van der Waals surface area contributed by atoms with Crippen molar-refractivity contribution in [2.45, 2.75) is 18.9 Å². The van der Waals surface area contributed by atoms with Gasteiger partial charge in [0.15, 0.2) is 23.0 Å². The lowest BCUT2D eigenvalue weighted by Crippen LogP contribution is -2.38. The number of hydrogen-bond donors (Lipinski definition) is 1. The fraction of sp³-hybridized carbons (Fsp3) is 0.296. The summed E-state index contributed by atoms with van der Waals surface area (Å²) in [6.45, 7) is 0.214. The van der Waals surface area contributed by atoms with Crippen LogP contribution in [0.15, 0.2) is 54.6 Å². The van der Waals surface area contributed by atoms with Gasteiger partial charge in [-0.15, -0.1) is 0 Å². The maximum Gasteiger partial charge on any atom is 0.251 e. The SMILES string of the molecule is COc1ccc(CC(Cc2ccc3c(c2)OCO3)NC(=O)c2cc(OC)c(OC)c(OC)c2)cc1. The summed E-state index contributed by atoms with van der Waals surface area (Å²) in [4.78, 5) is 13.3. The molecule has 35 heavy (non-hydrogen) atoms. The Labute approximate surface area is 204 Å². The van der Waals surface area contributed by atoms with E-state index in [9.17, 15) is 4.79 Å². The lowest BCUT2D eigenvalue weighted by molar-refractivity contribution is 0.0936. The largest absolute Gasteiger partial charge is 0.497 e. The molecular weight excluding hydrogens is 450 g/mol. The molecule has 1 N–H and O–H groups in total. The minimum Gasteiger partial charge on any atom is -0.497 e. The normalized spacial score (nSPS) is 12.6. The second-order valence-corrected chi connectivity index (χ2v) is 8.03.